The molecular weight excluding hydrogens is 252 g/mol. The Morgan fingerprint density at radius 2 is 1.90 bits per heavy atom. The van der Waals surface area contributed by atoms with Crippen LogP contribution in [0.15, 0.2) is 30.3 Å². The van der Waals surface area contributed by atoms with E-state index in [-0.39, 0.29) is 11.9 Å². The van der Waals surface area contributed by atoms with Gasteiger partial charge in [-0.2, -0.15) is 0 Å². The molecule has 0 aromatic heterocycles. The molecule has 0 N–H and O–H groups in total. The number of unbranched alkanes of at least 4 members (excludes halogenated alkanes) is 1. The Bertz CT molecular complexity index is 444. The van der Waals surface area contributed by atoms with Crippen LogP contribution >= 0.6 is 0 Å². The summed E-state index contributed by atoms with van der Waals surface area (Å²) in [6, 6.07) is 7.85. The zero-order valence-electron chi connectivity index (χ0n) is 12.8. The van der Waals surface area contributed by atoms with Crippen molar-refractivity contribution in [2.75, 3.05) is 13.7 Å². The third-order valence-corrected chi connectivity index (χ3v) is 3.05. The number of hydrogen-bond acceptors (Lipinski definition) is 3. The summed E-state index contributed by atoms with van der Waals surface area (Å²) >= 11 is 0. The van der Waals surface area contributed by atoms with Crippen LogP contribution in [0.25, 0.3) is 5.57 Å². The number of carbonyl (C=O) groups is 1. The highest BCUT2D eigenvalue weighted by molar-refractivity contribution is 5.91. The van der Waals surface area contributed by atoms with Crippen molar-refractivity contribution in [2.45, 2.75) is 33.6 Å². The van der Waals surface area contributed by atoms with Crippen LogP contribution in [0, 0.1) is 5.92 Å². The molecule has 0 amide bonds. The lowest BCUT2D eigenvalue weighted by molar-refractivity contribution is -0.134. The first-order chi connectivity index (χ1) is 9.58. The molecule has 1 aromatic carbocycles. The zero-order valence-corrected chi connectivity index (χ0v) is 12.8. The SMILES string of the molecule is CCCCOc1ccc(C(=CC(=O)OC)C(C)C)cc1. The van der Waals surface area contributed by atoms with Gasteiger partial charge in [0.15, 0.2) is 0 Å². The van der Waals surface area contributed by atoms with Gasteiger partial charge in [-0.1, -0.05) is 39.3 Å². The molecule has 110 valence electrons. The summed E-state index contributed by atoms with van der Waals surface area (Å²) in [5.74, 6) is 0.793. The van der Waals surface area contributed by atoms with Crippen LogP contribution in [0.2, 0.25) is 0 Å². The van der Waals surface area contributed by atoms with Crippen molar-refractivity contribution in [3.05, 3.63) is 35.9 Å². The van der Waals surface area contributed by atoms with Crippen LogP contribution in [0.3, 0.4) is 0 Å². The van der Waals surface area contributed by atoms with Crippen LogP contribution in [0.1, 0.15) is 39.2 Å². The molecule has 0 bridgehead atoms. The second kappa shape index (κ2) is 8.41. The fourth-order valence-corrected chi connectivity index (χ4v) is 1.85. The quantitative estimate of drug-likeness (QED) is 0.427. The highest BCUT2D eigenvalue weighted by Crippen LogP contribution is 2.25. The van der Waals surface area contributed by atoms with E-state index < -0.39 is 0 Å². The maximum Gasteiger partial charge on any atom is 0.330 e. The molecule has 0 aliphatic rings. The predicted molar refractivity (Wildman–Crippen MR) is 81.7 cm³/mol. The number of hydrogen-bond donors (Lipinski definition) is 0. The van der Waals surface area contributed by atoms with Gasteiger partial charge in [0.25, 0.3) is 0 Å². The summed E-state index contributed by atoms with van der Waals surface area (Å²) in [6.45, 7) is 6.99. The van der Waals surface area contributed by atoms with Gasteiger partial charge in [0, 0.05) is 6.08 Å². The summed E-state index contributed by atoms with van der Waals surface area (Å²) in [5, 5.41) is 0. The first-order valence-corrected chi connectivity index (χ1v) is 7.11. The van der Waals surface area contributed by atoms with Crippen LogP contribution in [-0.4, -0.2) is 19.7 Å². The van der Waals surface area contributed by atoms with Crippen molar-refractivity contribution in [3.63, 3.8) is 0 Å². The monoisotopic (exact) mass is 276 g/mol. The fraction of sp³-hybridized carbons (Fsp3) is 0.471. The van der Waals surface area contributed by atoms with Crippen LogP contribution < -0.4 is 4.74 Å². The van der Waals surface area contributed by atoms with Crippen molar-refractivity contribution in [3.8, 4) is 5.75 Å². The summed E-state index contributed by atoms with van der Waals surface area (Å²) in [6.07, 6.45) is 3.73. The smallest absolute Gasteiger partial charge is 0.330 e. The predicted octanol–water partition coefficient (Wildman–Crippen LogP) is 4.08. The van der Waals surface area contributed by atoms with E-state index in [9.17, 15) is 4.79 Å². The molecule has 0 atom stereocenters. The number of carbonyl (C=O) groups excluding carboxylic acids is 1. The lowest BCUT2D eigenvalue weighted by Gasteiger charge is -2.12. The molecule has 3 nitrogen and oxygen atoms in total. The molecule has 0 unspecified atom stereocenters. The topological polar surface area (TPSA) is 35.5 Å². The summed E-state index contributed by atoms with van der Waals surface area (Å²) < 4.78 is 10.3. The largest absolute Gasteiger partial charge is 0.494 e. The van der Waals surface area contributed by atoms with Gasteiger partial charge in [0.05, 0.1) is 13.7 Å². The Morgan fingerprint density at radius 1 is 1.25 bits per heavy atom. The average molecular weight is 276 g/mol. The molecule has 3 heteroatoms. The van der Waals surface area contributed by atoms with Gasteiger partial charge in [0.2, 0.25) is 0 Å². The summed E-state index contributed by atoms with van der Waals surface area (Å²) in [7, 11) is 1.39. The third-order valence-electron chi connectivity index (χ3n) is 3.05. The van der Waals surface area contributed by atoms with Gasteiger partial charge in [-0.05, 0) is 35.6 Å². The van der Waals surface area contributed by atoms with Crippen molar-refractivity contribution in [2.24, 2.45) is 5.92 Å². The molecule has 20 heavy (non-hydrogen) atoms. The third kappa shape index (κ3) is 5.08. The molecule has 1 rings (SSSR count). The van der Waals surface area contributed by atoms with E-state index in [4.69, 9.17) is 9.47 Å². The lowest BCUT2D eigenvalue weighted by Crippen LogP contribution is -2.02. The Kier molecular flexibility index (Phi) is 6.85. The van der Waals surface area contributed by atoms with Gasteiger partial charge < -0.3 is 9.47 Å². The molecule has 0 saturated carbocycles. The van der Waals surface area contributed by atoms with Crippen molar-refractivity contribution >= 4 is 11.5 Å². The lowest BCUT2D eigenvalue weighted by atomic mass is 9.95. The molecule has 0 spiro atoms. The van der Waals surface area contributed by atoms with Crippen LogP contribution in [0.4, 0.5) is 0 Å². The molecule has 0 saturated heterocycles. The minimum Gasteiger partial charge on any atom is -0.494 e. The van der Waals surface area contributed by atoms with E-state index in [1.165, 1.54) is 7.11 Å². The maximum atomic E-state index is 11.4. The number of rotatable bonds is 7. The number of ether oxygens (including phenoxy) is 2. The number of methoxy groups -OCH3 is 1. The second-order valence-electron chi connectivity index (χ2n) is 5.00. The molecule has 0 aliphatic carbocycles. The van der Waals surface area contributed by atoms with Crippen molar-refractivity contribution in [1.82, 2.24) is 0 Å². The van der Waals surface area contributed by atoms with Gasteiger partial charge in [-0.3, -0.25) is 0 Å². The van der Waals surface area contributed by atoms with Crippen LogP contribution in [0.5, 0.6) is 5.75 Å². The van der Waals surface area contributed by atoms with Crippen molar-refractivity contribution in [1.29, 1.82) is 0 Å². The van der Waals surface area contributed by atoms with Crippen LogP contribution in [-0.2, 0) is 9.53 Å². The number of esters is 1. The van der Waals surface area contributed by atoms with Crippen molar-refractivity contribution < 1.29 is 14.3 Å². The number of benzene rings is 1. The van der Waals surface area contributed by atoms with Gasteiger partial charge >= 0.3 is 5.97 Å². The van der Waals surface area contributed by atoms with Gasteiger partial charge in [-0.15, -0.1) is 0 Å². The fourth-order valence-electron chi connectivity index (χ4n) is 1.85. The van der Waals surface area contributed by atoms with E-state index >= 15 is 0 Å². The standard InChI is InChI=1S/C17H24O3/c1-5-6-11-20-15-9-7-14(8-10-15)16(13(2)3)12-17(18)19-4/h7-10,12-13H,5-6,11H2,1-4H3. The minimum atomic E-state index is -0.322. The molecular formula is C17H24O3. The Hall–Kier alpha value is -1.77. The first kappa shape index (κ1) is 16.3. The minimum absolute atomic E-state index is 0.251. The zero-order chi connectivity index (χ0) is 15.0. The molecule has 0 radical (unpaired) electrons. The molecule has 0 heterocycles. The van der Waals surface area contributed by atoms with E-state index in [2.05, 4.69) is 20.8 Å². The molecule has 1 aromatic rings. The first-order valence-electron chi connectivity index (χ1n) is 7.11. The van der Waals surface area contributed by atoms with E-state index in [0.717, 1.165) is 36.3 Å². The Balaban J connectivity index is 2.83. The average Bonchev–Trinajstić information content (AvgIpc) is 2.45. The van der Waals surface area contributed by atoms with Gasteiger partial charge in [0.1, 0.15) is 5.75 Å². The number of allylic oxidation sites excluding steroid dienone is 1. The summed E-state index contributed by atoms with van der Waals surface area (Å²) in [4.78, 5) is 11.4. The molecule has 0 aliphatic heterocycles. The van der Waals surface area contributed by atoms with E-state index in [1.807, 2.05) is 24.3 Å². The van der Waals surface area contributed by atoms with E-state index in [0.29, 0.717) is 0 Å². The molecule has 0 fully saturated rings. The maximum absolute atomic E-state index is 11.4. The van der Waals surface area contributed by atoms with E-state index in [1.54, 1.807) is 6.08 Å². The Labute approximate surface area is 121 Å². The summed E-state index contributed by atoms with van der Waals surface area (Å²) in [5.41, 5.74) is 1.99. The highest BCUT2D eigenvalue weighted by Gasteiger charge is 2.09. The Morgan fingerprint density at radius 3 is 2.40 bits per heavy atom. The van der Waals surface area contributed by atoms with Gasteiger partial charge in [-0.25, -0.2) is 4.79 Å². The normalized spacial score (nSPS) is 11.6. The highest BCUT2D eigenvalue weighted by atomic mass is 16.5. The second-order valence-corrected chi connectivity index (χ2v) is 5.00.